The van der Waals surface area contributed by atoms with E-state index in [9.17, 15) is 0 Å². The first kappa shape index (κ1) is 18.6. The number of thioether (sulfide) groups is 1. The van der Waals surface area contributed by atoms with Gasteiger partial charge >= 0.3 is 0 Å². The molecular formula is C14H26IN5S. The normalized spacial score (nSPS) is 19.0. The molecular weight excluding hydrogens is 397 g/mol. The molecule has 2 heterocycles. The molecule has 0 saturated carbocycles. The van der Waals surface area contributed by atoms with Crippen molar-refractivity contribution in [2.75, 3.05) is 18.6 Å². The fourth-order valence-electron chi connectivity index (χ4n) is 2.49. The number of aliphatic imine (C=N–C) groups is 1. The van der Waals surface area contributed by atoms with Gasteiger partial charge in [-0.25, -0.2) is 0 Å². The standard InChI is InChI=1S/C14H25N5S.HI/c1-10-13(11(2)19(4)18-10)8-16-14(15-3)17-12-6-5-7-20-9-12;/h12H,5-9H2,1-4H3,(H2,15,16,17);1H. The van der Waals surface area contributed by atoms with Crippen molar-refractivity contribution in [2.45, 2.75) is 39.3 Å². The third kappa shape index (κ3) is 5.05. The second-order valence-electron chi connectivity index (χ2n) is 5.26. The second-order valence-corrected chi connectivity index (χ2v) is 6.41. The molecule has 2 N–H and O–H groups in total. The lowest BCUT2D eigenvalue weighted by Gasteiger charge is -2.24. The number of rotatable bonds is 3. The van der Waals surface area contributed by atoms with Crippen molar-refractivity contribution >= 4 is 41.7 Å². The number of hydrogen-bond acceptors (Lipinski definition) is 3. The number of aryl methyl sites for hydroxylation is 2. The molecule has 0 aliphatic carbocycles. The van der Waals surface area contributed by atoms with Gasteiger partial charge in [-0.1, -0.05) is 0 Å². The van der Waals surface area contributed by atoms with Crippen LogP contribution in [0.15, 0.2) is 4.99 Å². The van der Waals surface area contributed by atoms with E-state index in [0.717, 1.165) is 18.2 Å². The highest BCUT2D eigenvalue weighted by Gasteiger charge is 2.15. The Kier molecular flexibility index (Phi) is 7.86. The molecule has 2 rings (SSSR count). The molecule has 0 aromatic carbocycles. The molecule has 7 heteroatoms. The van der Waals surface area contributed by atoms with Gasteiger partial charge < -0.3 is 10.6 Å². The van der Waals surface area contributed by atoms with E-state index in [1.54, 1.807) is 0 Å². The summed E-state index contributed by atoms with van der Waals surface area (Å²) in [6.45, 7) is 4.92. The maximum absolute atomic E-state index is 4.44. The number of nitrogens with one attached hydrogen (secondary N) is 2. The second kappa shape index (κ2) is 8.87. The molecule has 1 atom stereocenters. The van der Waals surface area contributed by atoms with E-state index in [2.05, 4.69) is 34.6 Å². The molecule has 0 radical (unpaired) electrons. The van der Waals surface area contributed by atoms with E-state index in [1.807, 2.05) is 30.5 Å². The third-order valence-electron chi connectivity index (χ3n) is 3.82. The van der Waals surface area contributed by atoms with Crippen molar-refractivity contribution < 1.29 is 0 Å². The fraction of sp³-hybridized carbons (Fsp3) is 0.714. The van der Waals surface area contributed by atoms with Crippen LogP contribution in [-0.2, 0) is 13.6 Å². The summed E-state index contributed by atoms with van der Waals surface area (Å²) in [5.74, 6) is 3.35. The summed E-state index contributed by atoms with van der Waals surface area (Å²) < 4.78 is 1.93. The summed E-state index contributed by atoms with van der Waals surface area (Å²) >= 11 is 2.02. The minimum absolute atomic E-state index is 0. The van der Waals surface area contributed by atoms with Gasteiger partial charge in [0.1, 0.15) is 0 Å². The Morgan fingerprint density at radius 2 is 2.24 bits per heavy atom. The van der Waals surface area contributed by atoms with Crippen LogP contribution in [-0.4, -0.2) is 40.3 Å². The van der Waals surface area contributed by atoms with Gasteiger partial charge in [-0.2, -0.15) is 16.9 Å². The Balaban J connectivity index is 0.00000220. The summed E-state index contributed by atoms with van der Waals surface area (Å²) in [5.41, 5.74) is 3.55. The van der Waals surface area contributed by atoms with Crippen LogP contribution >= 0.6 is 35.7 Å². The number of guanidine groups is 1. The predicted molar refractivity (Wildman–Crippen MR) is 102 cm³/mol. The molecule has 120 valence electrons. The number of aromatic nitrogens is 2. The summed E-state index contributed by atoms with van der Waals surface area (Å²) in [7, 11) is 3.81. The summed E-state index contributed by atoms with van der Waals surface area (Å²) in [6.07, 6.45) is 2.53. The summed E-state index contributed by atoms with van der Waals surface area (Å²) in [4.78, 5) is 4.32. The Morgan fingerprint density at radius 1 is 1.48 bits per heavy atom. The van der Waals surface area contributed by atoms with Crippen LogP contribution in [0.5, 0.6) is 0 Å². The van der Waals surface area contributed by atoms with Crippen molar-refractivity contribution in [1.82, 2.24) is 20.4 Å². The number of nitrogens with zero attached hydrogens (tertiary/aromatic N) is 3. The maximum Gasteiger partial charge on any atom is 0.191 e. The SMILES string of the molecule is CN=C(NCc1c(C)nn(C)c1C)NC1CCCSC1.I. The van der Waals surface area contributed by atoms with Crippen LogP contribution < -0.4 is 10.6 Å². The zero-order valence-electron chi connectivity index (χ0n) is 13.3. The minimum atomic E-state index is 0. The van der Waals surface area contributed by atoms with Gasteiger partial charge in [0, 0.05) is 43.7 Å². The summed E-state index contributed by atoms with van der Waals surface area (Å²) in [6, 6.07) is 0.538. The van der Waals surface area contributed by atoms with Crippen LogP contribution in [0.3, 0.4) is 0 Å². The number of hydrogen-bond donors (Lipinski definition) is 2. The lowest BCUT2D eigenvalue weighted by molar-refractivity contribution is 0.582. The van der Waals surface area contributed by atoms with Gasteiger partial charge in [0.15, 0.2) is 5.96 Å². The van der Waals surface area contributed by atoms with E-state index in [1.165, 1.54) is 35.6 Å². The Labute approximate surface area is 148 Å². The highest BCUT2D eigenvalue weighted by atomic mass is 127. The monoisotopic (exact) mass is 423 g/mol. The quantitative estimate of drug-likeness (QED) is 0.445. The largest absolute Gasteiger partial charge is 0.353 e. The van der Waals surface area contributed by atoms with Crippen molar-refractivity contribution in [3.63, 3.8) is 0 Å². The van der Waals surface area contributed by atoms with Crippen molar-refractivity contribution in [3.8, 4) is 0 Å². The smallest absolute Gasteiger partial charge is 0.191 e. The predicted octanol–water partition coefficient (Wildman–Crippen LogP) is 2.22. The molecule has 5 nitrogen and oxygen atoms in total. The highest BCUT2D eigenvalue weighted by molar-refractivity contribution is 14.0. The molecule has 1 unspecified atom stereocenters. The van der Waals surface area contributed by atoms with Crippen molar-refractivity contribution in [2.24, 2.45) is 12.0 Å². The van der Waals surface area contributed by atoms with Gasteiger partial charge in [0.05, 0.1) is 5.69 Å². The van der Waals surface area contributed by atoms with E-state index in [0.29, 0.717) is 6.04 Å². The van der Waals surface area contributed by atoms with Crippen molar-refractivity contribution in [1.29, 1.82) is 0 Å². The molecule has 1 aromatic rings. The van der Waals surface area contributed by atoms with E-state index >= 15 is 0 Å². The molecule has 1 aliphatic rings. The van der Waals surface area contributed by atoms with Crippen LogP contribution in [0, 0.1) is 13.8 Å². The molecule has 21 heavy (non-hydrogen) atoms. The fourth-order valence-corrected chi connectivity index (χ4v) is 3.56. The Bertz CT molecular complexity index is 480. The minimum Gasteiger partial charge on any atom is -0.353 e. The van der Waals surface area contributed by atoms with Gasteiger partial charge in [-0.3, -0.25) is 9.67 Å². The molecule has 1 fully saturated rings. The van der Waals surface area contributed by atoms with E-state index in [-0.39, 0.29) is 24.0 Å². The molecule has 0 spiro atoms. The zero-order chi connectivity index (χ0) is 14.5. The van der Waals surface area contributed by atoms with Crippen LogP contribution in [0.1, 0.15) is 29.8 Å². The van der Waals surface area contributed by atoms with E-state index in [4.69, 9.17) is 0 Å². The van der Waals surface area contributed by atoms with Gasteiger partial charge in [0.25, 0.3) is 0 Å². The topological polar surface area (TPSA) is 54.2 Å². The molecule has 0 amide bonds. The molecule has 1 aliphatic heterocycles. The Hall–Kier alpha value is -0.440. The zero-order valence-corrected chi connectivity index (χ0v) is 16.4. The molecule has 0 bridgehead atoms. The van der Waals surface area contributed by atoms with Crippen LogP contribution in [0.25, 0.3) is 0 Å². The van der Waals surface area contributed by atoms with Crippen LogP contribution in [0.4, 0.5) is 0 Å². The molecule has 1 saturated heterocycles. The first-order chi connectivity index (χ1) is 9.61. The third-order valence-corrected chi connectivity index (χ3v) is 5.03. The number of halogens is 1. The highest BCUT2D eigenvalue weighted by Crippen LogP contribution is 2.16. The van der Waals surface area contributed by atoms with Gasteiger partial charge in [-0.05, 0) is 32.4 Å². The molecule has 1 aromatic heterocycles. The maximum atomic E-state index is 4.44. The lowest BCUT2D eigenvalue weighted by Crippen LogP contribution is -2.45. The average molecular weight is 423 g/mol. The van der Waals surface area contributed by atoms with Crippen LogP contribution in [0.2, 0.25) is 0 Å². The first-order valence-electron chi connectivity index (χ1n) is 7.15. The lowest BCUT2D eigenvalue weighted by atomic mass is 10.2. The van der Waals surface area contributed by atoms with E-state index < -0.39 is 0 Å². The van der Waals surface area contributed by atoms with Gasteiger partial charge in [0.2, 0.25) is 0 Å². The van der Waals surface area contributed by atoms with Crippen molar-refractivity contribution in [3.05, 3.63) is 17.0 Å². The summed E-state index contributed by atoms with van der Waals surface area (Å²) in [5, 5.41) is 11.4. The Morgan fingerprint density at radius 3 is 2.76 bits per heavy atom. The average Bonchev–Trinajstić information content (AvgIpc) is 2.70. The van der Waals surface area contributed by atoms with Gasteiger partial charge in [-0.15, -0.1) is 24.0 Å². The first-order valence-corrected chi connectivity index (χ1v) is 8.31.